The average Bonchev–Trinajstić information content (AvgIpc) is 2.79. The van der Waals surface area contributed by atoms with Crippen LogP contribution < -0.4 is 10.1 Å². The highest BCUT2D eigenvalue weighted by Gasteiger charge is 2.09. The monoisotopic (exact) mass is 400 g/mol. The van der Waals surface area contributed by atoms with E-state index in [-0.39, 0.29) is 5.69 Å². The zero-order valence-corrected chi connectivity index (χ0v) is 16.7. The van der Waals surface area contributed by atoms with Crippen LogP contribution in [0.2, 0.25) is 0 Å². The maximum atomic E-state index is 11.1. The summed E-state index contributed by atoms with van der Waals surface area (Å²) >= 11 is 0. The van der Waals surface area contributed by atoms with Crippen molar-refractivity contribution < 1.29 is 14.1 Å². The summed E-state index contributed by atoms with van der Waals surface area (Å²) in [6, 6.07) is 21.8. The van der Waals surface area contributed by atoms with Gasteiger partial charge >= 0.3 is 0 Å². The van der Waals surface area contributed by atoms with Gasteiger partial charge in [-0.2, -0.15) is 0 Å². The largest absolute Gasteiger partial charge is 0.497 e. The minimum atomic E-state index is -0.421. The molecule has 0 unspecified atom stereocenters. The van der Waals surface area contributed by atoms with E-state index in [2.05, 4.69) is 6.92 Å². The quantitative estimate of drug-likeness (QED) is 0.313. The molecule has 6 heteroatoms. The van der Waals surface area contributed by atoms with Crippen molar-refractivity contribution in [3.8, 4) is 17.1 Å². The second-order valence-electron chi connectivity index (χ2n) is 6.80. The Labute approximate surface area is 173 Å². The molecule has 0 aliphatic rings. The van der Waals surface area contributed by atoms with Crippen molar-refractivity contribution in [2.45, 2.75) is 13.3 Å². The summed E-state index contributed by atoms with van der Waals surface area (Å²) in [4.78, 5) is 15.4. The summed E-state index contributed by atoms with van der Waals surface area (Å²) in [5.41, 5.74) is 3.26. The first-order valence-corrected chi connectivity index (χ1v) is 9.58. The number of aryl methyl sites for hydroxylation is 1. The lowest BCUT2D eigenvalue weighted by Crippen LogP contribution is -2.04. The highest BCUT2D eigenvalue weighted by atomic mass is 16.6. The molecule has 1 aromatic heterocycles. The molecule has 0 N–H and O–H groups in total. The van der Waals surface area contributed by atoms with Crippen LogP contribution in [0, 0.1) is 10.1 Å². The molecule has 0 aliphatic carbocycles. The molecule has 30 heavy (non-hydrogen) atoms. The van der Waals surface area contributed by atoms with Gasteiger partial charge < -0.3 is 9.15 Å². The van der Waals surface area contributed by atoms with E-state index in [4.69, 9.17) is 14.1 Å². The number of nitro benzene ring substituents is 1. The summed E-state index contributed by atoms with van der Waals surface area (Å²) in [7, 11) is 1.62. The number of ether oxygens (including phenoxy) is 1. The second-order valence-corrected chi connectivity index (χ2v) is 6.80. The van der Waals surface area contributed by atoms with E-state index in [1.165, 1.54) is 12.1 Å². The van der Waals surface area contributed by atoms with Gasteiger partial charge in [0.2, 0.25) is 0 Å². The molecule has 6 nitrogen and oxygen atoms in total. The van der Waals surface area contributed by atoms with Crippen molar-refractivity contribution in [1.29, 1.82) is 0 Å². The number of hydrogen-bond acceptors (Lipinski definition) is 5. The highest BCUT2D eigenvalue weighted by Crippen LogP contribution is 2.26. The standard InChI is InChI=1S/C24H20N2O4/c1-3-16-7-12-23-21(13-16)22(25-18-5-4-6-19(14-18)26(27)28)15-24(30-23)17-8-10-20(29-2)11-9-17/h4-15H,3H2,1-2H3. The van der Waals surface area contributed by atoms with Crippen LogP contribution in [0.25, 0.3) is 22.3 Å². The lowest BCUT2D eigenvalue weighted by Gasteiger charge is -2.07. The molecule has 0 bridgehead atoms. The van der Waals surface area contributed by atoms with Crippen molar-refractivity contribution in [2.75, 3.05) is 7.11 Å². The van der Waals surface area contributed by atoms with Gasteiger partial charge in [-0.05, 0) is 54.4 Å². The third-order valence-corrected chi connectivity index (χ3v) is 4.88. The first-order chi connectivity index (χ1) is 14.6. The molecule has 0 spiro atoms. The van der Waals surface area contributed by atoms with Crippen LogP contribution in [0.4, 0.5) is 11.4 Å². The van der Waals surface area contributed by atoms with Crippen LogP contribution in [0.15, 0.2) is 82.2 Å². The molecule has 4 rings (SSSR count). The number of rotatable bonds is 5. The fraction of sp³-hybridized carbons (Fsp3) is 0.125. The zero-order chi connectivity index (χ0) is 21.1. The summed E-state index contributed by atoms with van der Waals surface area (Å²) < 4.78 is 11.4. The molecular formula is C24H20N2O4. The number of methoxy groups -OCH3 is 1. The third-order valence-electron chi connectivity index (χ3n) is 4.88. The fourth-order valence-electron chi connectivity index (χ4n) is 3.24. The Kier molecular flexibility index (Phi) is 5.30. The van der Waals surface area contributed by atoms with Crippen molar-refractivity contribution >= 4 is 22.3 Å². The fourth-order valence-corrected chi connectivity index (χ4v) is 3.24. The van der Waals surface area contributed by atoms with Crippen molar-refractivity contribution in [3.05, 3.63) is 93.8 Å². The van der Waals surface area contributed by atoms with Crippen molar-refractivity contribution in [1.82, 2.24) is 0 Å². The Bertz CT molecular complexity index is 1290. The predicted molar refractivity (Wildman–Crippen MR) is 116 cm³/mol. The summed E-state index contributed by atoms with van der Waals surface area (Å²) in [6.07, 6.45) is 0.881. The number of fused-ring (bicyclic) bond motifs is 1. The van der Waals surface area contributed by atoms with Crippen LogP contribution in [0.1, 0.15) is 12.5 Å². The Morgan fingerprint density at radius 3 is 2.53 bits per heavy atom. The van der Waals surface area contributed by atoms with Crippen LogP contribution in [0.3, 0.4) is 0 Å². The van der Waals surface area contributed by atoms with Gasteiger partial charge in [-0.15, -0.1) is 0 Å². The van der Waals surface area contributed by atoms with Gasteiger partial charge in [0, 0.05) is 29.1 Å². The predicted octanol–water partition coefficient (Wildman–Crippen LogP) is 5.81. The van der Waals surface area contributed by atoms with E-state index in [0.717, 1.165) is 28.7 Å². The number of nitrogens with zero attached hydrogens (tertiary/aromatic N) is 2. The molecule has 0 amide bonds. The maximum absolute atomic E-state index is 11.1. The molecule has 0 saturated carbocycles. The number of nitro groups is 1. The number of non-ortho nitro benzene ring substituents is 1. The molecule has 0 aliphatic heterocycles. The smallest absolute Gasteiger partial charge is 0.271 e. The molecule has 4 aromatic rings. The van der Waals surface area contributed by atoms with E-state index in [1.54, 1.807) is 19.2 Å². The Morgan fingerprint density at radius 2 is 1.83 bits per heavy atom. The first kappa shape index (κ1) is 19.4. The lowest BCUT2D eigenvalue weighted by atomic mass is 10.1. The minimum Gasteiger partial charge on any atom is -0.497 e. The summed E-state index contributed by atoms with van der Waals surface area (Å²) in [6.45, 7) is 2.08. The van der Waals surface area contributed by atoms with Crippen LogP contribution in [-0.2, 0) is 6.42 Å². The van der Waals surface area contributed by atoms with E-state index in [0.29, 0.717) is 22.4 Å². The number of benzene rings is 3. The average molecular weight is 400 g/mol. The van der Waals surface area contributed by atoms with E-state index in [1.807, 2.05) is 48.5 Å². The normalized spacial score (nSPS) is 11.6. The molecule has 0 saturated heterocycles. The van der Waals surface area contributed by atoms with E-state index in [9.17, 15) is 10.1 Å². The molecule has 0 atom stereocenters. The Morgan fingerprint density at radius 1 is 1.03 bits per heavy atom. The molecule has 0 fully saturated rings. The van der Waals surface area contributed by atoms with Crippen LogP contribution >= 0.6 is 0 Å². The molecule has 0 radical (unpaired) electrons. The molecule has 3 aromatic carbocycles. The topological polar surface area (TPSA) is 77.9 Å². The van der Waals surface area contributed by atoms with Crippen LogP contribution in [-0.4, -0.2) is 12.0 Å². The van der Waals surface area contributed by atoms with Crippen LogP contribution in [0.5, 0.6) is 5.75 Å². The summed E-state index contributed by atoms with van der Waals surface area (Å²) in [5.74, 6) is 1.41. The van der Waals surface area contributed by atoms with Gasteiger partial charge in [-0.25, -0.2) is 4.99 Å². The zero-order valence-electron chi connectivity index (χ0n) is 16.7. The third kappa shape index (κ3) is 3.93. The van der Waals surface area contributed by atoms with Gasteiger partial charge in [0.05, 0.1) is 23.1 Å². The maximum Gasteiger partial charge on any atom is 0.271 e. The number of hydrogen-bond donors (Lipinski definition) is 0. The molecule has 1 heterocycles. The van der Waals surface area contributed by atoms with Crippen molar-refractivity contribution in [3.63, 3.8) is 0 Å². The minimum absolute atomic E-state index is 0.00537. The molecular weight excluding hydrogens is 380 g/mol. The second kappa shape index (κ2) is 8.21. The van der Waals surface area contributed by atoms with Gasteiger partial charge in [-0.3, -0.25) is 10.1 Å². The Hall–Kier alpha value is -3.93. The Balaban J connectivity index is 1.95. The van der Waals surface area contributed by atoms with Crippen molar-refractivity contribution in [2.24, 2.45) is 4.99 Å². The molecule has 150 valence electrons. The van der Waals surface area contributed by atoms with Gasteiger partial charge in [0.15, 0.2) is 0 Å². The van der Waals surface area contributed by atoms with E-state index < -0.39 is 4.92 Å². The SMILES string of the molecule is CCc1ccc2oc(-c3ccc(OC)cc3)cc(=Nc3cccc([N+](=O)[O-])c3)c2c1. The van der Waals surface area contributed by atoms with Gasteiger partial charge in [-0.1, -0.05) is 19.1 Å². The van der Waals surface area contributed by atoms with Gasteiger partial charge in [0.25, 0.3) is 5.69 Å². The first-order valence-electron chi connectivity index (χ1n) is 9.58. The van der Waals surface area contributed by atoms with E-state index >= 15 is 0 Å². The lowest BCUT2D eigenvalue weighted by molar-refractivity contribution is -0.384. The highest BCUT2D eigenvalue weighted by molar-refractivity contribution is 5.79. The summed E-state index contributed by atoms with van der Waals surface area (Å²) in [5, 5.41) is 12.7. The van der Waals surface area contributed by atoms with Gasteiger partial charge in [0.1, 0.15) is 17.1 Å².